The van der Waals surface area contributed by atoms with Crippen molar-refractivity contribution in [3.05, 3.63) is 29.1 Å². The lowest BCUT2D eigenvalue weighted by Crippen LogP contribution is -2.36. The highest BCUT2D eigenvalue weighted by molar-refractivity contribution is 7.91. The van der Waals surface area contributed by atoms with E-state index in [1.165, 1.54) is 24.2 Å². The van der Waals surface area contributed by atoms with E-state index in [0.29, 0.717) is 12.5 Å². The second kappa shape index (κ2) is 5.82. The standard InChI is InChI=1S/C17H24N2O3S/c1-12-10-14(13(2)19(12)15-5-6-15)4-7-17(20)18(3)16-8-9-23(21,22)11-16/h4,7,10,15-16H,5-6,8-9,11H2,1-3H3/b7-4+. The molecule has 3 rings (SSSR count). The van der Waals surface area contributed by atoms with E-state index >= 15 is 0 Å². The fraction of sp³-hybridized carbons (Fsp3) is 0.588. The molecule has 0 aromatic carbocycles. The van der Waals surface area contributed by atoms with Crippen molar-refractivity contribution in [3.8, 4) is 0 Å². The average molecular weight is 336 g/mol. The van der Waals surface area contributed by atoms with Crippen molar-refractivity contribution in [2.24, 2.45) is 0 Å². The highest BCUT2D eigenvalue weighted by Crippen LogP contribution is 2.38. The molecular weight excluding hydrogens is 312 g/mol. The minimum absolute atomic E-state index is 0.0826. The monoisotopic (exact) mass is 336 g/mol. The van der Waals surface area contributed by atoms with E-state index in [2.05, 4.69) is 24.5 Å². The largest absolute Gasteiger partial charge is 0.346 e. The molecule has 0 N–H and O–H groups in total. The number of hydrogen-bond acceptors (Lipinski definition) is 3. The summed E-state index contributed by atoms with van der Waals surface area (Å²) in [7, 11) is -1.29. The van der Waals surface area contributed by atoms with Crippen LogP contribution in [0.2, 0.25) is 0 Å². The number of aromatic nitrogens is 1. The summed E-state index contributed by atoms with van der Waals surface area (Å²) in [4.78, 5) is 13.9. The molecule has 0 spiro atoms. The Labute approximate surface area is 137 Å². The van der Waals surface area contributed by atoms with E-state index in [1.54, 1.807) is 18.0 Å². The third-order valence-corrected chi connectivity index (χ3v) is 6.70. The number of hydrogen-bond donors (Lipinski definition) is 0. The summed E-state index contributed by atoms with van der Waals surface area (Å²) in [6.07, 6.45) is 6.41. The van der Waals surface area contributed by atoms with Gasteiger partial charge in [0.1, 0.15) is 0 Å². The van der Waals surface area contributed by atoms with Crippen LogP contribution in [-0.4, -0.2) is 48.4 Å². The van der Waals surface area contributed by atoms with Gasteiger partial charge in [0.15, 0.2) is 9.84 Å². The first kappa shape index (κ1) is 16.3. The molecule has 126 valence electrons. The van der Waals surface area contributed by atoms with Gasteiger partial charge >= 0.3 is 0 Å². The van der Waals surface area contributed by atoms with Crippen LogP contribution >= 0.6 is 0 Å². The van der Waals surface area contributed by atoms with Gasteiger partial charge in [-0.1, -0.05) is 0 Å². The number of aryl methyl sites for hydroxylation is 1. The zero-order valence-corrected chi connectivity index (χ0v) is 14.8. The average Bonchev–Trinajstić information content (AvgIpc) is 3.18. The van der Waals surface area contributed by atoms with Gasteiger partial charge in [-0.15, -0.1) is 0 Å². The number of sulfone groups is 1. The zero-order valence-electron chi connectivity index (χ0n) is 13.9. The molecule has 1 aliphatic carbocycles. The zero-order chi connectivity index (χ0) is 16.8. The first-order valence-corrected chi connectivity index (χ1v) is 9.94. The van der Waals surface area contributed by atoms with E-state index in [0.717, 1.165) is 5.56 Å². The lowest BCUT2D eigenvalue weighted by atomic mass is 10.2. The molecular formula is C17H24N2O3S. The van der Waals surface area contributed by atoms with Gasteiger partial charge in [0.2, 0.25) is 5.91 Å². The fourth-order valence-electron chi connectivity index (χ4n) is 3.41. The van der Waals surface area contributed by atoms with Crippen LogP contribution in [-0.2, 0) is 14.6 Å². The maximum absolute atomic E-state index is 12.3. The number of carbonyl (C=O) groups is 1. The quantitative estimate of drug-likeness (QED) is 0.791. The van der Waals surface area contributed by atoms with E-state index in [1.807, 2.05) is 6.08 Å². The van der Waals surface area contributed by atoms with Crippen molar-refractivity contribution in [2.45, 2.75) is 45.2 Å². The number of rotatable bonds is 4. The molecule has 2 fully saturated rings. The van der Waals surface area contributed by atoms with E-state index in [-0.39, 0.29) is 23.5 Å². The molecule has 1 aromatic rings. The molecule has 0 radical (unpaired) electrons. The summed E-state index contributed by atoms with van der Waals surface area (Å²) in [5, 5.41) is 0. The number of nitrogens with zero attached hydrogens (tertiary/aromatic N) is 2. The van der Waals surface area contributed by atoms with Crippen molar-refractivity contribution < 1.29 is 13.2 Å². The molecule has 1 saturated heterocycles. The summed E-state index contributed by atoms with van der Waals surface area (Å²) < 4.78 is 25.4. The first-order chi connectivity index (χ1) is 10.8. The van der Waals surface area contributed by atoms with Crippen LogP contribution < -0.4 is 0 Å². The number of likely N-dealkylation sites (N-methyl/N-ethyl adjacent to an activating group) is 1. The van der Waals surface area contributed by atoms with Crippen LogP contribution in [0, 0.1) is 13.8 Å². The Bertz CT molecular complexity index is 757. The summed E-state index contributed by atoms with van der Waals surface area (Å²) in [5.41, 5.74) is 3.49. The van der Waals surface area contributed by atoms with E-state index in [9.17, 15) is 13.2 Å². The highest BCUT2D eigenvalue weighted by atomic mass is 32.2. The van der Waals surface area contributed by atoms with Gasteiger partial charge in [0.25, 0.3) is 0 Å². The lowest BCUT2D eigenvalue weighted by molar-refractivity contribution is -0.126. The molecule has 6 heteroatoms. The third-order valence-electron chi connectivity index (χ3n) is 4.94. The van der Waals surface area contributed by atoms with Crippen molar-refractivity contribution in [1.82, 2.24) is 9.47 Å². The van der Waals surface area contributed by atoms with Gasteiger partial charge in [0.05, 0.1) is 11.5 Å². The molecule has 2 heterocycles. The molecule has 1 aliphatic heterocycles. The first-order valence-electron chi connectivity index (χ1n) is 8.12. The Balaban J connectivity index is 1.70. The van der Waals surface area contributed by atoms with Gasteiger partial charge in [-0.25, -0.2) is 8.42 Å². The van der Waals surface area contributed by atoms with Crippen molar-refractivity contribution in [1.29, 1.82) is 0 Å². The molecule has 1 atom stereocenters. The van der Waals surface area contributed by atoms with Gasteiger partial charge in [-0.05, 0) is 50.8 Å². The van der Waals surface area contributed by atoms with Crippen LogP contribution in [0.15, 0.2) is 12.1 Å². The van der Waals surface area contributed by atoms with Crippen LogP contribution in [0.25, 0.3) is 6.08 Å². The van der Waals surface area contributed by atoms with Crippen molar-refractivity contribution in [3.63, 3.8) is 0 Å². The number of carbonyl (C=O) groups excluding carboxylic acids is 1. The van der Waals surface area contributed by atoms with Gasteiger partial charge in [-0.3, -0.25) is 4.79 Å². The minimum Gasteiger partial charge on any atom is -0.346 e. The molecule has 5 nitrogen and oxygen atoms in total. The maximum Gasteiger partial charge on any atom is 0.246 e. The number of amides is 1. The lowest BCUT2D eigenvalue weighted by Gasteiger charge is -2.21. The summed E-state index contributed by atoms with van der Waals surface area (Å²) >= 11 is 0. The molecule has 2 aliphatic rings. The molecule has 1 unspecified atom stereocenters. The topological polar surface area (TPSA) is 59.4 Å². The SMILES string of the molecule is Cc1cc(/C=C/C(=O)N(C)C2CCS(=O)(=O)C2)c(C)n1C1CC1. The van der Waals surface area contributed by atoms with E-state index in [4.69, 9.17) is 0 Å². The van der Waals surface area contributed by atoms with Crippen molar-refractivity contribution >= 4 is 21.8 Å². The van der Waals surface area contributed by atoms with Crippen LogP contribution in [0.1, 0.15) is 42.3 Å². The summed E-state index contributed by atoms with van der Waals surface area (Å²) in [6, 6.07) is 2.53. The van der Waals surface area contributed by atoms with Crippen LogP contribution in [0.4, 0.5) is 0 Å². The second-order valence-electron chi connectivity index (χ2n) is 6.77. The molecule has 0 bridgehead atoms. The fourth-order valence-corrected chi connectivity index (χ4v) is 5.18. The normalized spacial score (nSPS) is 23.5. The predicted molar refractivity (Wildman–Crippen MR) is 91.0 cm³/mol. The Hall–Kier alpha value is -1.56. The smallest absolute Gasteiger partial charge is 0.246 e. The Morgan fingerprint density at radius 3 is 2.57 bits per heavy atom. The molecule has 1 amide bonds. The van der Waals surface area contributed by atoms with E-state index < -0.39 is 9.84 Å². The molecule has 23 heavy (non-hydrogen) atoms. The Morgan fingerprint density at radius 1 is 1.30 bits per heavy atom. The Morgan fingerprint density at radius 2 is 2.00 bits per heavy atom. The van der Waals surface area contributed by atoms with Gasteiger partial charge in [-0.2, -0.15) is 0 Å². The highest BCUT2D eigenvalue weighted by Gasteiger charge is 2.32. The van der Waals surface area contributed by atoms with Crippen LogP contribution in [0.3, 0.4) is 0 Å². The van der Waals surface area contributed by atoms with Gasteiger partial charge in [0, 0.05) is 36.6 Å². The summed E-state index contributed by atoms with van der Waals surface area (Å²) in [5.74, 6) is 0.129. The summed E-state index contributed by atoms with van der Waals surface area (Å²) in [6.45, 7) is 4.18. The second-order valence-corrected chi connectivity index (χ2v) is 9.00. The third kappa shape index (κ3) is 3.37. The predicted octanol–water partition coefficient (Wildman–Crippen LogP) is 2.10. The Kier molecular flexibility index (Phi) is 4.12. The molecule has 1 aromatic heterocycles. The minimum atomic E-state index is -2.97. The maximum atomic E-state index is 12.3. The van der Waals surface area contributed by atoms with Crippen LogP contribution in [0.5, 0.6) is 0 Å². The van der Waals surface area contributed by atoms with Gasteiger partial charge < -0.3 is 9.47 Å². The molecule has 1 saturated carbocycles. The van der Waals surface area contributed by atoms with Crippen molar-refractivity contribution in [2.75, 3.05) is 18.6 Å².